The average molecular weight is 805 g/mol. The van der Waals surface area contributed by atoms with Gasteiger partial charge in [0.15, 0.2) is 0 Å². The lowest BCUT2D eigenvalue weighted by atomic mass is 9.82. The smallest absolute Gasteiger partial charge is 0.0541 e. The number of anilines is 3. The van der Waals surface area contributed by atoms with Crippen molar-refractivity contribution in [1.29, 1.82) is 0 Å². The van der Waals surface area contributed by atoms with Crippen LogP contribution in [0.1, 0.15) is 25.0 Å². The zero-order valence-electron chi connectivity index (χ0n) is 35.3. The van der Waals surface area contributed by atoms with Crippen molar-refractivity contribution < 1.29 is 0 Å². The van der Waals surface area contributed by atoms with Gasteiger partial charge in [0, 0.05) is 38.6 Å². The van der Waals surface area contributed by atoms with Gasteiger partial charge in [0.1, 0.15) is 0 Å². The fourth-order valence-electron chi connectivity index (χ4n) is 10.3. The highest BCUT2D eigenvalue weighted by molar-refractivity contribution is 6.10. The fraction of sp³-hybridized carbons (Fsp3) is 0.0492. The van der Waals surface area contributed by atoms with E-state index >= 15 is 0 Å². The van der Waals surface area contributed by atoms with E-state index in [9.17, 15) is 0 Å². The highest BCUT2D eigenvalue weighted by Crippen LogP contribution is 2.52. The second kappa shape index (κ2) is 14.6. The molecule has 298 valence electrons. The van der Waals surface area contributed by atoms with Gasteiger partial charge in [-0.15, -0.1) is 0 Å². The molecule has 0 spiro atoms. The molecule has 11 aromatic rings. The summed E-state index contributed by atoms with van der Waals surface area (Å²) in [5.41, 5.74) is 19.4. The van der Waals surface area contributed by atoms with Crippen LogP contribution in [0, 0.1) is 0 Å². The molecular weight excluding hydrogens is 761 g/mol. The van der Waals surface area contributed by atoms with Crippen molar-refractivity contribution in [2.24, 2.45) is 0 Å². The van der Waals surface area contributed by atoms with E-state index in [2.05, 4.69) is 254 Å². The van der Waals surface area contributed by atoms with Crippen molar-refractivity contribution in [2.75, 3.05) is 4.90 Å². The molecule has 1 aromatic heterocycles. The summed E-state index contributed by atoms with van der Waals surface area (Å²) in [5, 5.41) is 4.96. The van der Waals surface area contributed by atoms with E-state index < -0.39 is 0 Å². The molecule has 0 unspecified atom stereocenters. The molecule has 2 nitrogen and oxygen atoms in total. The predicted molar refractivity (Wildman–Crippen MR) is 267 cm³/mol. The van der Waals surface area contributed by atoms with Gasteiger partial charge in [-0.2, -0.15) is 0 Å². The molecule has 0 atom stereocenters. The first-order valence-electron chi connectivity index (χ1n) is 21.9. The summed E-state index contributed by atoms with van der Waals surface area (Å²) in [6.45, 7) is 4.79. The number of rotatable bonds is 7. The van der Waals surface area contributed by atoms with Crippen LogP contribution in [0.4, 0.5) is 17.1 Å². The zero-order valence-corrected chi connectivity index (χ0v) is 35.3. The molecule has 1 aliphatic rings. The highest BCUT2D eigenvalue weighted by atomic mass is 15.1. The van der Waals surface area contributed by atoms with E-state index in [1.165, 1.54) is 93.9 Å². The summed E-state index contributed by atoms with van der Waals surface area (Å²) in [7, 11) is 0. The Hall–Kier alpha value is -7.94. The Morgan fingerprint density at radius 1 is 0.349 bits per heavy atom. The molecule has 1 heterocycles. The topological polar surface area (TPSA) is 8.17 Å². The minimum absolute atomic E-state index is 0.245. The van der Waals surface area contributed by atoms with Gasteiger partial charge in [-0.25, -0.2) is 0 Å². The molecule has 0 aliphatic heterocycles. The molecule has 10 aromatic carbocycles. The normalized spacial score (nSPS) is 12.7. The van der Waals surface area contributed by atoms with Gasteiger partial charge in [0.2, 0.25) is 0 Å². The Morgan fingerprint density at radius 2 is 0.905 bits per heavy atom. The van der Waals surface area contributed by atoms with Crippen molar-refractivity contribution in [3.8, 4) is 50.2 Å². The van der Waals surface area contributed by atoms with Crippen LogP contribution in [0.2, 0.25) is 0 Å². The summed E-state index contributed by atoms with van der Waals surface area (Å²) in [6.07, 6.45) is 0. The SMILES string of the molecule is CC1(C)c2cc(N(c3ccc(-c4ccccc4-c4ccccc4)cc3)c3cccc4ccccc34)ccc2-c2ccc(-n3c4ccccc4c4cc(-c5ccccc5)ccc43)cc21. The Labute approximate surface area is 368 Å². The summed E-state index contributed by atoms with van der Waals surface area (Å²) in [5.74, 6) is 0. The number of hydrogen-bond acceptors (Lipinski definition) is 1. The highest BCUT2D eigenvalue weighted by Gasteiger charge is 2.37. The van der Waals surface area contributed by atoms with Crippen LogP contribution in [0.3, 0.4) is 0 Å². The van der Waals surface area contributed by atoms with Crippen LogP contribution in [-0.4, -0.2) is 4.57 Å². The number of benzene rings is 10. The Kier molecular flexibility index (Phi) is 8.55. The zero-order chi connectivity index (χ0) is 42.1. The maximum Gasteiger partial charge on any atom is 0.0541 e. The van der Waals surface area contributed by atoms with E-state index in [-0.39, 0.29) is 5.41 Å². The van der Waals surface area contributed by atoms with Gasteiger partial charge >= 0.3 is 0 Å². The molecule has 1 aliphatic carbocycles. The van der Waals surface area contributed by atoms with Crippen LogP contribution in [0.15, 0.2) is 231 Å². The van der Waals surface area contributed by atoms with Crippen molar-refractivity contribution >= 4 is 49.6 Å². The van der Waals surface area contributed by atoms with E-state index in [0.29, 0.717) is 0 Å². The van der Waals surface area contributed by atoms with Gasteiger partial charge in [-0.05, 0) is 122 Å². The van der Waals surface area contributed by atoms with Crippen molar-refractivity contribution in [2.45, 2.75) is 19.3 Å². The molecule has 0 fully saturated rings. The Bertz CT molecular complexity index is 3520. The van der Waals surface area contributed by atoms with E-state index in [4.69, 9.17) is 0 Å². The fourth-order valence-corrected chi connectivity index (χ4v) is 10.3. The maximum atomic E-state index is 2.45. The summed E-state index contributed by atoms with van der Waals surface area (Å²) < 4.78 is 2.45. The Morgan fingerprint density at radius 3 is 1.67 bits per heavy atom. The molecular formula is C61H44N2. The largest absolute Gasteiger partial charge is 0.310 e. The quantitative estimate of drug-likeness (QED) is 0.156. The van der Waals surface area contributed by atoms with Crippen LogP contribution in [-0.2, 0) is 5.41 Å². The molecule has 0 saturated carbocycles. The third-order valence-electron chi connectivity index (χ3n) is 13.4. The van der Waals surface area contributed by atoms with Crippen molar-refractivity contribution in [3.05, 3.63) is 242 Å². The first kappa shape index (κ1) is 36.9. The molecule has 0 amide bonds. The van der Waals surface area contributed by atoms with Crippen LogP contribution < -0.4 is 4.90 Å². The number of para-hydroxylation sites is 1. The van der Waals surface area contributed by atoms with Crippen LogP contribution >= 0.6 is 0 Å². The second-order valence-electron chi connectivity index (χ2n) is 17.3. The first-order valence-corrected chi connectivity index (χ1v) is 21.9. The molecule has 0 radical (unpaired) electrons. The number of hydrogen-bond donors (Lipinski definition) is 0. The predicted octanol–water partition coefficient (Wildman–Crippen LogP) is 16.7. The van der Waals surface area contributed by atoms with Crippen molar-refractivity contribution in [1.82, 2.24) is 4.57 Å². The molecule has 12 rings (SSSR count). The maximum absolute atomic E-state index is 2.45. The van der Waals surface area contributed by atoms with Gasteiger partial charge < -0.3 is 9.47 Å². The monoisotopic (exact) mass is 804 g/mol. The lowest BCUT2D eigenvalue weighted by molar-refractivity contribution is 0.660. The third kappa shape index (κ3) is 6.02. The lowest BCUT2D eigenvalue weighted by Gasteiger charge is -2.29. The lowest BCUT2D eigenvalue weighted by Crippen LogP contribution is -2.17. The average Bonchev–Trinajstić information content (AvgIpc) is 3.79. The van der Waals surface area contributed by atoms with Crippen molar-refractivity contribution in [3.63, 3.8) is 0 Å². The standard InChI is InChI=1S/C61H44N2/c1-61(2)56-39-47(62(58-27-15-21-43-20-9-10-24-51(43)58)46-31-28-44(29-32-46)50-23-12-11-22-49(50)42-18-7-4-8-19-42)33-35-52(56)53-36-34-48(40-57(53)61)63-59-26-14-13-25-54(59)55-38-45(30-37-60(55)63)41-16-5-3-6-17-41/h3-40H,1-2H3. The minimum atomic E-state index is -0.245. The van der Waals surface area contributed by atoms with Crippen LogP contribution in [0.5, 0.6) is 0 Å². The number of nitrogens with zero attached hydrogens (tertiary/aromatic N) is 2. The second-order valence-corrected chi connectivity index (χ2v) is 17.3. The molecule has 0 saturated heterocycles. The summed E-state index contributed by atoms with van der Waals surface area (Å²) in [4.78, 5) is 2.45. The van der Waals surface area contributed by atoms with Gasteiger partial charge in [-0.3, -0.25) is 0 Å². The number of aromatic nitrogens is 1. The van der Waals surface area contributed by atoms with E-state index in [0.717, 1.165) is 17.1 Å². The first-order chi connectivity index (χ1) is 31.0. The molecule has 63 heavy (non-hydrogen) atoms. The van der Waals surface area contributed by atoms with Gasteiger partial charge in [-0.1, -0.05) is 184 Å². The van der Waals surface area contributed by atoms with Gasteiger partial charge in [0.25, 0.3) is 0 Å². The minimum Gasteiger partial charge on any atom is -0.310 e. The Balaban J connectivity index is 0.966. The number of fused-ring (bicyclic) bond motifs is 7. The molecule has 2 heteroatoms. The van der Waals surface area contributed by atoms with Crippen LogP contribution in [0.25, 0.3) is 82.8 Å². The third-order valence-corrected chi connectivity index (χ3v) is 13.4. The molecule has 0 N–H and O–H groups in total. The van der Waals surface area contributed by atoms with Gasteiger partial charge in [0.05, 0.1) is 16.7 Å². The van der Waals surface area contributed by atoms with E-state index in [1.807, 2.05) is 0 Å². The molecule has 0 bridgehead atoms. The van der Waals surface area contributed by atoms with E-state index in [1.54, 1.807) is 0 Å². The summed E-state index contributed by atoms with van der Waals surface area (Å²) in [6, 6.07) is 84.6. The summed E-state index contributed by atoms with van der Waals surface area (Å²) >= 11 is 0.